The van der Waals surface area contributed by atoms with Gasteiger partial charge in [-0.1, -0.05) is 53.3 Å². The van der Waals surface area contributed by atoms with Crippen LogP contribution in [0, 0.1) is 5.92 Å². The molecule has 4 rings (SSSR count). The molecule has 0 saturated heterocycles. The maximum atomic E-state index is 11.8. The molecular weight excluding hydrogens is 554 g/mol. The first-order valence-corrected chi connectivity index (χ1v) is 12.4. The van der Waals surface area contributed by atoms with Gasteiger partial charge in [0.2, 0.25) is 0 Å². The summed E-state index contributed by atoms with van der Waals surface area (Å²) in [7, 11) is 0. The predicted molar refractivity (Wildman–Crippen MR) is 140 cm³/mol. The number of aromatic nitrogens is 2. The molecule has 36 heavy (non-hydrogen) atoms. The van der Waals surface area contributed by atoms with Crippen LogP contribution in [0.4, 0.5) is 11.6 Å². The maximum absolute atomic E-state index is 11.8. The molecular formula is C22H22Cl4N6O4. The van der Waals surface area contributed by atoms with Gasteiger partial charge >= 0.3 is 11.9 Å². The third kappa shape index (κ3) is 6.18. The van der Waals surface area contributed by atoms with E-state index in [2.05, 4.69) is 20.2 Å². The van der Waals surface area contributed by atoms with Gasteiger partial charge < -0.3 is 9.84 Å². The molecule has 2 aromatic heterocycles. The van der Waals surface area contributed by atoms with E-state index in [9.17, 15) is 14.7 Å². The number of anilines is 2. The number of nitrogens with zero attached hydrogens (tertiary/aromatic N) is 6. The second kappa shape index (κ2) is 12.5. The number of hydrogen-bond donors (Lipinski definition) is 1. The maximum Gasteiger partial charge on any atom is 0.331 e. The van der Waals surface area contributed by atoms with Gasteiger partial charge in [-0.2, -0.15) is 10.2 Å². The lowest BCUT2D eigenvalue weighted by atomic mass is 9.99. The summed E-state index contributed by atoms with van der Waals surface area (Å²) >= 11 is 23.9. The number of carbonyl (C=O) groups excluding carboxylic acids is 1. The predicted octanol–water partition coefficient (Wildman–Crippen LogP) is 5.02. The number of pyridine rings is 2. The monoisotopic (exact) mass is 574 g/mol. The molecule has 0 aromatic carbocycles. The summed E-state index contributed by atoms with van der Waals surface area (Å²) in [6, 6.07) is 5.20. The van der Waals surface area contributed by atoms with E-state index in [1.54, 1.807) is 37.4 Å². The third-order valence-electron chi connectivity index (χ3n) is 5.19. The van der Waals surface area contributed by atoms with E-state index < -0.39 is 24.0 Å². The lowest BCUT2D eigenvalue weighted by Gasteiger charge is -2.23. The largest absolute Gasteiger partial charge is 0.480 e. The molecule has 1 N–H and O–H groups in total. The van der Waals surface area contributed by atoms with Gasteiger partial charge in [-0.15, -0.1) is 0 Å². The summed E-state index contributed by atoms with van der Waals surface area (Å²) in [5.74, 6) is -1.03. The highest BCUT2D eigenvalue weighted by Crippen LogP contribution is 2.34. The van der Waals surface area contributed by atoms with Crippen LogP contribution < -0.4 is 10.0 Å². The number of esters is 1. The van der Waals surface area contributed by atoms with Crippen molar-refractivity contribution in [1.29, 1.82) is 0 Å². The highest BCUT2D eigenvalue weighted by atomic mass is 35.5. The number of carbonyl (C=O) groups is 2. The zero-order valence-corrected chi connectivity index (χ0v) is 22.2. The zero-order valence-electron chi connectivity index (χ0n) is 19.2. The van der Waals surface area contributed by atoms with Crippen molar-refractivity contribution < 1.29 is 19.4 Å². The quantitative estimate of drug-likeness (QED) is 0.477. The van der Waals surface area contributed by atoms with Crippen molar-refractivity contribution in [3.63, 3.8) is 0 Å². The van der Waals surface area contributed by atoms with Crippen LogP contribution in [0.2, 0.25) is 10.0 Å². The summed E-state index contributed by atoms with van der Waals surface area (Å²) in [4.78, 5) is 31.4. The third-order valence-corrected chi connectivity index (χ3v) is 6.37. The summed E-state index contributed by atoms with van der Waals surface area (Å²) in [6.07, 6.45) is 3.99. The van der Waals surface area contributed by atoms with Crippen LogP contribution in [0.1, 0.15) is 26.7 Å². The number of aliphatic carboxylic acids is 1. The molecule has 0 radical (unpaired) electrons. The fourth-order valence-electron chi connectivity index (χ4n) is 3.57. The number of ether oxygens (including phenoxy) is 1. The van der Waals surface area contributed by atoms with Gasteiger partial charge in [0.15, 0.2) is 23.7 Å². The minimum atomic E-state index is -0.997. The van der Waals surface area contributed by atoms with Crippen LogP contribution in [0.3, 0.4) is 0 Å². The van der Waals surface area contributed by atoms with Crippen molar-refractivity contribution in [2.45, 2.75) is 38.8 Å². The molecule has 0 saturated carbocycles. The first-order chi connectivity index (χ1) is 17.2. The first-order valence-electron chi connectivity index (χ1n) is 10.8. The van der Waals surface area contributed by atoms with Gasteiger partial charge in [-0.05, 0) is 37.6 Å². The lowest BCUT2D eigenvalue weighted by molar-refractivity contribution is -0.144. The molecule has 14 heteroatoms. The number of halogens is 4. The van der Waals surface area contributed by atoms with Crippen LogP contribution in [0.25, 0.3) is 0 Å². The van der Waals surface area contributed by atoms with Crippen LogP contribution >= 0.6 is 46.4 Å². The normalized spacial score (nSPS) is 20.9. The van der Waals surface area contributed by atoms with Crippen molar-refractivity contribution in [2.24, 2.45) is 16.1 Å². The Morgan fingerprint density at radius 3 is 2.08 bits per heavy atom. The molecule has 2 aliphatic heterocycles. The zero-order chi connectivity index (χ0) is 26.4. The second-order valence-electron chi connectivity index (χ2n) is 7.48. The fraction of sp³-hybridized carbons (Fsp3) is 0.364. The SMILES string of the molecule is CCC1C(Cl)=NN(c2ncccc2Cl)C1C(=O)O.CCOC(=O)C1CC(Cl)=NN1c1ncccc1Cl. The molecule has 10 nitrogen and oxygen atoms in total. The molecule has 0 amide bonds. The molecule has 2 aliphatic rings. The number of rotatable bonds is 6. The highest BCUT2D eigenvalue weighted by Gasteiger charge is 2.42. The van der Waals surface area contributed by atoms with Gasteiger partial charge in [0.05, 0.1) is 16.7 Å². The number of hydrogen-bond acceptors (Lipinski definition) is 9. The second-order valence-corrected chi connectivity index (χ2v) is 9.11. The molecule has 192 valence electrons. The van der Waals surface area contributed by atoms with Gasteiger partial charge in [0.1, 0.15) is 10.3 Å². The Balaban J connectivity index is 0.000000201. The van der Waals surface area contributed by atoms with Crippen LogP contribution in [-0.2, 0) is 14.3 Å². The molecule has 0 fully saturated rings. The Morgan fingerprint density at radius 1 is 1.00 bits per heavy atom. The van der Waals surface area contributed by atoms with Crippen molar-refractivity contribution >= 4 is 80.3 Å². The number of carboxylic acids is 1. The Morgan fingerprint density at radius 2 is 1.58 bits per heavy atom. The molecule has 3 unspecified atom stereocenters. The van der Waals surface area contributed by atoms with Gasteiger partial charge in [0, 0.05) is 24.7 Å². The summed E-state index contributed by atoms with van der Waals surface area (Å²) < 4.78 is 4.98. The smallest absolute Gasteiger partial charge is 0.331 e. The molecule has 2 aromatic rings. The summed E-state index contributed by atoms with van der Waals surface area (Å²) in [6.45, 7) is 3.91. The summed E-state index contributed by atoms with van der Waals surface area (Å²) in [5, 5.41) is 21.5. The van der Waals surface area contributed by atoms with Crippen LogP contribution in [0.15, 0.2) is 46.9 Å². The molecule has 3 atom stereocenters. The molecule has 4 heterocycles. The molecule has 0 bridgehead atoms. The lowest BCUT2D eigenvalue weighted by Crippen LogP contribution is -2.40. The van der Waals surface area contributed by atoms with Gasteiger partial charge in [-0.3, -0.25) is 0 Å². The Labute approximate surface area is 227 Å². The van der Waals surface area contributed by atoms with E-state index in [0.29, 0.717) is 46.3 Å². The van der Waals surface area contributed by atoms with Gasteiger partial charge in [0.25, 0.3) is 0 Å². The van der Waals surface area contributed by atoms with E-state index in [4.69, 9.17) is 51.1 Å². The Bertz CT molecular complexity index is 1180. The van der Waals surface area contributed by atoms with E-state index >= 15 is 0 Å². The van der Waals surface area contributed by atoms with E-state index in [-0.39, 0.29) is 11.1 Å². The first kappa shape index (κ1) is 27.9. The Hall–Kier alpha value is -2.66. The van der Waals surface area contributed by atoms with Crippen molar-refractivity contribution in [3.05, 3.63) is 46.7 Å². The van der Waals surface area contributed by atoms with Crippen LogP contribution in [-0.4, -0.2) is 56.0 Å². The van der Waals surface area contributed by atoms with Gasteiger partial charge in [-0.25, -0.2) is 29.6 Å². The molecule has 0 aliphatic carbocycles. The van der Waals surface area contributed by atoms with E-state index in [1.807, 2.05) is 6.92 Å². The minimum Gasteiger partial charge on any atom is -0.480 e. The molecule has 0 spiro atoms. The van der Waals surface area contributed by atoms with Crippen LogP contribution in [0.5, 0.6) is 0 Å². The van der Waals surface area contributed by atoms with E-state index in [1.165, 1.54) is 16.2 Å². The van der Waals surface area contributed by atoms with Crippen molar-refractivity contribution in [2.75, 3.05) is 16.6 Å². The van der Waals surface area contributed by atoms with Crippen molar-refractivity contribution in [1.82, 2.24) is 9.97 Å². The number of carboxylic acid groups (broad SMARTS) is 1. The minimum absolute atomic E-state index is 0.270. The topological polar surface area (TPSA) is 121 Å². The average Bonchev–Trinajstić information content (AvgIpc) is 3.39. The Kier molecular flexibility index (Phi) is 9.72. The summed E-state index contributed by atoms with van der Waals surface area (Å²) in [5.41, 5.74) is 0. The fourth-order valence-corrected chi connectivity index (χ4v) is 4.57. The highest BCUT2D eigenvalue weighted by molar-refractivity contribution is 6.66. The standard InChI is InChI=1S/2C11H11Cl2N3O2/c1-2-18-11(17)8-6-9(13)15-16(8)10-7(12)4-3-5-14-10;1-2-6-8(11(17)18)16(15-9(6)13)10-7(12)4-3-5-14-10/h3-5,8H,2,6H2,1H3;3-6,8H,2H2,1H3,(H,17,18). The van der Waals surface area contributed by atoms with Crippen molar-refractivity contribution in [3.8, 4) is 0 Å². The number of hydrazone groups is 2. The average molecular weight is 576 g/mol. The van der Waals surface area contributed by atoms with E-state index in [0.717, 1.165) is 0 Å².